The number of nitrogens with zero attached hydrogens (tertiary/aromatic N) is 3. The number of amides is 3. The summed E-state index contributed by atoms with van der Waals surface area (Å²) >= 11 is 0. The summed E-state index contributed by atoms with van der Waals surface area (Å²) < 4.78 is 7.33. The van der Waals surface area contributed by atoms with Crippen molar-refractivity contribution in [3.63, 3.8) is 0 Å². The summed E-state index contributed by atoms with van der Waals surface area (Å²) in [6, 6.07) is 2.15. The van der Waals surface area contributed by atoms with Crippen molar-refractivity contribution >= 4 is 29.4 Å². The average Bonchev–Trinajstić information content (AvgIpc) is 3.65. The van der Waals surface area contributed by atoms with Crippen molar-refractivity contribution in [2.45, 2.75) is 57.2 Å². The molecule has 2 fully saturated rings. The Morgan fingerprint density at radius 1 is 1.23 bits per heavy atom. The van der Waals surface area contributed by atoms with E-state index < -0.39 is 29.4 Å². The van der Waals surface area contributed by atoms with Crippen LogP contribution in [0.3, 0.4) is 0 Å². The van der Waals surface area contributed by atoms with E-state index in [0.29, 0.717) is 11.8 Å². The summed E-state index contributed by atoms with van der Waals surface area (Å²) in [5, 5.41) is 8.32. The number of anilines is 1. The van der Waals surface area contributed by atoms with Crippen LogP contribution in [-0.4, -0.2) is 57.0 Å². The van der Waals surface area contributed by atoms with Gasteiger partial charge in [0.2, 0.25) is 11.8 Å². The number of ether oxygens (including phenoxy) is 1. The predicted octanol–water partition coefficient (Wildman–Crippen LogP) is 1.13. The first-order chi connectivity index (χ1) is 18.7. The molecule has 0 aliphatic heterocycles. The van der Waals surface area contributed by atoms with E-state index in [4.69, 9.17) is 0 Å². The van der Waals surface area contributed by atoms with E-state index in [1.807, 2.05) is 0 Å². The standard InChI is InChI=1S/C27H34N6O6/c1-32-16-28-14-22(32)26(37)30-19(6-3-4-8-24(35)39-2)25(36)31-20-7-5-11-33(27(20)38)15-23(34)29-21-13-17-9-10-18(21)12-17/h4-5,7-8,11,14,16-19,21H,3,6,9-10,12-13,15H2,1-2H3,(H,29,34)(H,30,37)(H,31,36)/b8-4+/t17?,18?,19-,21?/m0/s1. The number of methoxy groups -OCH3 is 1. The van der Waals surface area contributed by atoms with Crippen molar-refractivity contribution in [1.29, 1.82) is 0 Å². The number of rotatable bonds is 11. The fourth-order valence-corrected chi connectivity index (χ4v) is 5.39. The fraction of sp³-hybridized carbons (Fsp3) is 0.481. The normalized spacial score (nSPS) is 20.5. The van der Waals surface area contributed by atoms with Gasteiger partial charge in [-0.1, -0.05) is 12.5 Å². The molecule has 208 valence electrons. The lowest BCUT2D eigenvalue weighted by atomic mass is 9.95. The number of fused-ring (bicyclic) bond motifs is 2. The molecule has 4 atom stereocenters. The Hall–Kier alpha value is -4.22. The molecule has 0 aromatic carbocycles. The van der Waals surface area contributed by atoms with Crippen molar-refractivity contribution in [2.75, 3.05) is 12.4 Å². The van der Waals surface area contributed by atoms with Gasteiger partial charge in [0.25, 0.3) is 11.5 Å². The Balaban J connectivity index is 1.41. The molecule has 39 heavy (non-hydrogen) atoms. The molecular formula is C27H34N6O6. The van der Waals surface area contributed by atoms with Gasteiger partial charge in [-0.3, -0.25) is 19.2 Å². The summed E-state index contributed by atoms with van der Waals surface area (Å²) in [6.07, 6.45) is 12.0. The van der Waals surface area contributed by atoms with E-state index in [2.05, 4.69) is 25.7 Å². The minimum absolute atomic E-state index is 0.0138. The number of carbonyl (C=O) groups excluding carboxylic acids is 4. The molecule has 2 bridgehead atoms. The summed E-state index contributed by atoms with van der Waals surface area (Å²) in [6.45, 7) is -0.157. The molecule has 0 spiro atoms. The van der Waals surface area contributed by atoms with Crippen LogP contribution in [0, 0.1) is 11.8 Å². The second kappa shape index (κ2) is 12.5. The molecule has 3 unspecified atom stereocenters. The van der Waals surface area contributed by atoms with Crippen LogP contribution in [-0.2, 0) is 32.7 Å². The number of esters is 1. The largest absolute Gasteiger partial charge is 0.466 e. The van der Waals surface area contributed by atoms with Crippen molar-refractivity contribution < 1.29 is 23.9 Å². The van der Waals surface area contributed by atoms with Gasteiger partial charge in [-0.05, 0) is 56.1 Å². The number of aromatic nitrogens is 3. The van der Waals surface area contributed by atoms with Crippen molar-refractivity contribution in [3.8, 4) is 0 Å². The first-order valence-electron chi connectivity index (χ1n) is 13.1. The van der Waals surface area contributed by atoms with Crippen molar-refractivity contribution in [2.24, 2.45) is 18.9 Å². The second-order valence-corrected chi connectivity index (χ2v) is 10.1. The lowest BCUT2D eigenvalue weighted by Crippen LogP contribution is -2.45. The maximum absolute atomic E-state index is 13.2. The smallest absolute Gasteiger partial charge is 0.330 e. The lowest BCUT2D eigenvalue weighted by Gasteiger charge is -2.23. The van der Waals surface area contributed by atoms with Crippen LogP contribution in [0.5, 0.6) is 0 Å². The van der Waals surface area contributed by atoms with E-state index in [-0.39, 0.29) is 42.7 Å². The Labute approximate surface area is 225 Å². The highest BCUT2D eigenvalue weighted by atomic mass is 16.5. The zero-order valence-corrected chi connectivity index (χ0v) is 22.1. The molecule has 4 rings (SSSR count). The number of aryl methyl sites for hydroxylation is 1. The van der Waals surface area contributed by atoms with Crippen LogP contribution in [0.15, 0.2) is 47.8 Å². The molecule has 2 aliphatic carbocycles. The van der Waals surface area contributed by atoms with Gasteiger partial charge in [0.05, 0.1) is 19.6 Å². The number of carbonyl (C=O) groups is 4. The molecule has 0 radical (unpaired) electrons. The molecule has 3 N–H and O–H groups in total. The zero-order valence-electron chi connectivity index (χ0n) is 22.1. The Bertz CT molecular complexity index is 1310. The van der Waals surface area contributed by atoms with Crippen molar-refractivity contribution in [1.82, 2.24) is 24.8 Å². The average molecular weight is 539 g/mol. The third kappa shape index (κ3) is 7.01. The maximum Gasteiger partial charge on any atom is 0.330 e. The van der Waals surface area contributed by atoms with E-state index in [1.54, 1.807) is 13.1 Å². The molecule has 2 aliphatic rings. The zero-order chi connectivity index (χ0) is 27.9. The van der Waals surface area contributed by atoms with Gasteiger partial charge in [0.15, 0.2) is 0 Å². The highest BCUT2D eigenvalue weighted by Gasteiger charge is 2.40. The fourth-order valence-electron chi connectivity index (χ4n) is 5.39. The molecule has 0 saturated heterocycles. The second-order valence-electron chi connectivity index (χ2n) is 10.1. The SMILES string of the molecule is COC(=O)/C=C/CC[C@H](NC(=O)c1cncn1C)C(=O)Nc1cccn(CC(=O)NC2CC3CCC2C3)c1=O. The van der Waals surface area contributed by atoms with E-state index in [0.717, 1.165) is 19.3 Å². The van der Waals surface area contributed by atoms with Crippen molar-refractivity contribution in [3.05, 3.63) is 59.1 Å². The highest BCUT2D eigenvalue weighted by molar-refractivity contribution is 6.00. The van der Waals surface area contributed by atoms with E-state index in [1.165, 1.54) is 59.6 Å². The van der Waals surface area contributed by atoms with Gasteiger partial charge < -0.3 is 29.8 Å². The van der Waals surface area contributed by atoms with E-state index >= 15 is 0 Å². The van der Waals surface area contributed by atoms with Crippen LogP contribution in [0.1, 0.15) is 49.0 Å². The number of imidazole rings is 1. The number of pyridine rings is 1. The van der Waals surface area contributed by atoms with Crippen LogP contribution in [0.2, 0.25) is 0 Å². The highest BCUT2D eigenvalue weighted by Crippen LogP contribution is 2.44. The van der Waals surface area contributed by atoms with Gasteiger partial charge >= 0.3 is 5.97 Å². The number of nitrogens with one attached hydrogen (secondary N) is 3. The number of allylic oxidation sites excluding steroid dienone is 1. The van der Waals surface area contributed by atoms with Gasteiger partial charge in [0.1, 0.15) is 24.0 Å². The molecular weight excluding hydrogens is 504 g/mol. The van der Waals surface area contributed by atoms with Crippen LogP contribution < -0.4 is 21.5 Å². The Kier molecular flexibility index (Phi) is 8.95. The summed E-state index contributed by atoms with van der Waals surface area (Å²) in [4.78, 5) is 66.9. The first kappa shape index (κ1) is 27.8. The Morgan fingerprint density at radius 3 is 2.72 bits per heavy atom. The molecule has 2 heterocycles. The Morgan fingerprint density at radius 2 is 2.05 bits per heavy atom. The van der Waals surface area contributed by atoms with Gasteiger partial charge in [-0.25, -0.2) is 9.78 Å². The third-order valence-electron chi connectivity index (χ3n) is 7.42. The van der Waals surface area contributed by atoms with Crippen LogP contribution >= 0.6 is 0 Å². The first-order valence-corrected chi connectivity index (χ1v) is 13.1. The minimum Gasteiger partial charge on any atom is -0.466 e. The number of hydrogen-bond acceptors (Lipinski definition) is 7. The monoisotopic (exact) mass is 538 g/mol. The molecule has 12 heteroatoms. The van der Waals surface area contributed by atoms with Gasteiger partial charge in [-0.2, -0.15) is 0 Å². The van der Waals surface area contributed by atoms with E-state index in [9.17, 15) is 24.0 Å². The van der Waals surface area contributed by atoms with Gasteiger partial charge in [0, 0.05) is 25.4 Å². The molecule has 3 amide bonds. The molecule has 2 aromatic rings. The molecule has 2 saturated carbocycles. The van der Waals surface area contributed by atoms with Crippen LogP contribution in [0.4, 0.5) is 5.69 Å². The van der Waals surface area contributed by atoms with Crippen LogP contribution in [0.25, 0.3) is 0 Å². The summed E-state index contributed by atoms with van der Waals surface area (Å²) in [7, 11) is 2.90. The lowest BCUT2D eigenvalue weighted by molar-refractivity contribution is -0.134. The quantitative estimate of drug-likeness (QED) is 0.286. The molecule has 2 aromatic heterocycles. The topological polar surface area (TPSA) is 153 Å². The minimum atomic E-state index is -1.02. The summed E-state index contributed by atoms with van der Waals surface area (Å²) in [5.74, 6) is -0.708. The van der Waals surface area contributed by atoms with Gasteiger partial charge in [-0.15, -0.1) is 0 Å². The predicted molar refractivity (Wildman–Crippen MR) is 142 cm³/mol. The number of hydrogen-bond donors (Lipinski definition) is 3. The summed E-state index contributed by atoms with van der Waals surface area (Å²) in [5.41, 5.74) is -0.294. The molecule has 12 nitrogen and oxygen atoms in total. The maximum atomic E-state index is 13.2. The third-order valence-corrected chi connectivity index (χ3v) is 7.42.